The third-order valence-corrected chi connectivity index (χ3v) is 6.29. The number of phenolic OH excluding ortho intramolecular Hbond substituents is 3. The molecule has 3 N–H and O–H groups in total. The van der Waals surface area contributed by atoms with E-state index in [-0.39, 0.29) is 40.8 Å². The quantitative estimate of drug-likeness (QED) is 0.320. The number of fused-ring (bicyclic) bond motifs is 2. The van der Waals surface area contributed by atoms with Crippen molar-refractivity contribution in [3.8, 4) is 28.7 Å². The number of aromatic hydroxyl groups is 3. The minimum absolute atomic E-state index is 0.00375. The molecular formula is C30H32O6. The van der Waals surface area contributed by atoms with Gasteiger partial charge in [-0.2, -0.15) is 0 Å². The number of hydrogen-bond acceptors (Lipinski definition) is 6. The van der Waals surface area contributed by atoms with Gasteiger partial charge in [-0.15, -0.1) is 0 Å². The lowest BCUT2D eigenvalue weighted by Gasteiger charge is -2.33. The molecule has 0 amide bonds. The van der Waals surface area contributed by atoms with Crippen LogP contribution in [0, 0.1) is 0 Å². The van der Waals surface area contributed by atoms with Crippen LogP contribution in [0.25, 0.3) is 6.08 Å². The van der Waals surface area contributed by atoms with Crippen LogP contribution in [0.1, 0.15) is 74.2 Å². The molecule has 2 aliphatic rings. The van der Waals surface area contributed by atoms with E-state index in [1.54, 1.807) is 6.07 Å². The Labute approximate surface area is 211 Å². The first-order chi connectivity index (χ1) is 17.0. The Bertz CT molecular complexity index is 1340. The molecule has 6 heteroatoms. The zero-order valence-corrected chi connectivity index (χ0v) is 21.3. The first kappa shape index (κ1) is 25.2. The lowest BCUT2D eigenvalue weighted by molar-refractivity contribution is 0.0842. The van der Waals surface area contributed by atoms with E-state index >= 15 is 0 Å². The maximum Gasteiger partial charge on any atom is 0.174 e. The number of rotatable bonds is 5. The van der Waals surface area contributed by atoms with Crippen molar-refractivity contribution in [2.75, 3.05) is 0 Å². The third kappa shape index (κ3) is 4.89. The van der Waals surface area contributed by atoms with Crippen LogP contribution in [0.15, 0.2) is 59.7 Å². The third-order valence-electron chi connectivity index (χ3n) is 6.29. The van der Waals surface area contributed by atoms with Crippen LogP contribution in [0.2, 0.25) is 0 Å². The molecule has 6 nitrogen and oxygen atoms in total. The zero-order chi connectivity index (χ0) is 26.2. The molecule has 36 heavy (non-hydrogen) atoms. The largest absolute Gasteiger partial charge is 0.507 e. The SMILES string of the molecule is CC(C)=C/C=C/[C@]1(C)C=Cc2c([C@@H]3CC(=O)c4c(cc(O)c(CC=C(C)C)c4O)O3)ccc(O)c2O1. The highest BCUT2D eigenvalue weighted by atomic mass is 16.5. The number of Topliss-reactive ketones (excluding diaryl/α,β-unsaturated/α-hetero) is 1. The molecule has 0 saturated heterocycles. The summed E-state index contributed by atoms with van der Waals surface area (Å²) in [5, 5.41) is 31.9. The number of carbonyl (C=O) groups excluding carboxylic acids is 1. The van der Waals surface area contributed by atoms with E-state index in [0.717, 1.165) is 11.1 Å². The standard InChI is InChI=1S/C30H32O6/c1-17(2)7-6-13-30(5)14-12-20-19(10-11-22(31)29(20)36-30)25-16-24(33)27-26(35-25)15-23(32)21(28(27)34)9-8-18(3)4/h6-8,10-15,25,31-32,34H,9,16H2,1-5H3/b13-6+/t25-,30+/m0/s1. The summed E-state index contributed by atoms with van der Waals surface area (Å²) < 4.78 is 12.3. The van der Waals surface area contributed by atoms with Crippen molar-refractivity contribution in [3.63, 3.8) is 0 Å². The predicted octanol–water partition coefficient (Wildman–Crippen LogP) is 6.71. The second kappa shape index (κ2) is 9.61. The second-order valence-electron chi connectivity index (χ2n) is 9.95. The second-order valence-corrected chi connectivity index (χ2v) is 9.95. The number of phenols is 3. The Kier molecular flexibility index (Phi) is 6.72. The van der Waals surface area contributed by atoms with Gasteiger partial charge in [-0.25, -0.2) is 0 Å². The van der Waals surface area contributed by atoms with Crippen molar-refractivity contribution < 1.29 is 29.6 Å². The highest BCUT2D eigenvalue weighted by Gasteiger charge is 2.36. The summed E-state index contributed by atoms with van der Waals surface area (Å²) in [7, 11) is 0. The van der Waals surface area contributed by atoms with Gasteiger partial charge in [0.2, 0.25) is 0 Å². The van der Waals surface area contributed by atoms with Gasteiger partial charge in [-0.05, 0) is 59.3 Å². The highest BCUT2D eigenvalue weighted by molar-refractivity contribution is 6.03. The van der Waals surface area contributed by atoms with Crippen LogP contribution in [0.4, 0.5) is 0 Å². The van der Waals surface area contributed by atoms with Crippen LogP contribution < -0.4 is 9.47 Å². The van der Waals surface area contributed by atoms with Crippen LogP contribution in [-0.2, 0) is 6.42 Å². The number of carbonyl (C=O) groups is 1. The molecule has 2 heterocycles. The van der Waals surface area contributed by atoms with Gasteiger partial charge in [0.25, 0.3) is 0 Å². The summed E-state index contributed by atoms with van der Waals surface area (Å²) in [5.74, 6) is -0.239. The van der Waals surface area contributed by atoms with Crippen molar-refractivity contribution >= 4 is 11.9 Å². The van der Waals surface area contributed by atoms with Gasteiger partial charge in [0, 0.05) is 22.8 Å². The average molecular weight is 489 g/mol. The maximum absolute atomic E-state index is 13.2. The fourth-order valence-corrected chi connectivity index (χ4v) is 4.37. The Morgan fingerprint density at radius 3 is 2.56 bits per heavy atom. The molecule has 2 atom stereocenters. The first-order valence-corrected chi connectivity index (χ1v) is 12.0. The van der Waals surface area contributed by atoms with Gasteiger partial charge < -0.3 is 24.8 Å². The van der Waals surface area contributed by atoms with Gasteiger partial charge >= 0.3 is 0 Å². The molecule has 0 spiro atoms. The van der Waals surface area contributed by atoms with E-state index in [9.17, 15) is 20.1 Å². The average Bonchev–Trinajstić information content (AvgIpc) is 2.78. The van der Waals surface area contributed by atoms with Crippen LogP contribution in [-0.4, -0.2) is 26.7 Å². The molecule has 0 unspecified atom stereocenters. The monoisotopic (exact) mass is 488 g/mol. The van der Waals surface area contributed by atoms with E-state index in [1.165, 1.54) is 12.1 Å². The van der Waals surface area contributed by atoms with E-state index in [4.69, 9.17) is 9.47 Å². The molecule has 0 radical (unpaired) electrons. The molecule has 2 aromatic carbocycles. The number of hydrogen-bond donors (Lipinski definition) is 3. The highest BCUT2D eigenvalue weighted by Crippen LogP contribution is 2.48. The van der Waals surface area contributed by atoms with E-state index in [2.05, 4.69) is 0 Å². The number of benzene rings is 2. The lowest BCUT2D eigenvalue weighted by Crippen LogP contribution is -2.30. The van der Waals surface area contributed by atoms with Gasteiger partial charge in [0.05, 0.1) is 6.42 Å². The smallest absolute Gasteiger partial charge is 0.174 e. The molecular weight excluding hydrogens is 456 g/mol. The summed E-state index contributed by atoms with van der Waals surface area (Å²) >= 11 is 0. The topological polar surface area (TPSA) is 96.2 Å². The van der Waals surface area contributed by atoms with E-state index < -0.39 is 11.7 Å². The van der Waals surface area contributed by atoms with E-state index in [1.807, 2.05) is 71.1 Å². The molecule has 0 fully saturated rings. The molecule has 0 aromatic heterocycles. The summed E-state index contributed by atoms with van der Waals surface area (Å²) in [6, 6.07) is 4.61. The van der Waals surface area contributed by atoms with Gasteiger partial charge in [-0.3, -0.25) is 4.79 Å². The summed E-state index contributed by atoms with van der Waals surface area (Å²) in [6.45, 7) is 9.74. The van der Waals surface area contributed by atoms with Crippen molar-refractivity contribution in [3.05, 3.63) is 82.0 Å². The van der Waals surface area contributed by atoms with Crippen molar-refractivity contribution in [2.45, 2.75) is 59.2 Å². The molecule has 0 bridgehead atoms. The predicted molar refractivity (Wildman–Crippen MR) is 140 cm³/mol. The Morgan fingerprint density at radius 1 is 1.11 bits per heavy atom. The molecule has 2 aliphatic heterocycles. The van der Waals surface area contributed by atoms with Crippen molar-refractivity contribution in [1.29, 1.82) is 0 Å². The molecule has 4 rings (SSSR count). The van der Waals surface area contributed by atoms with Gasteiger partial charge in [0.15, 0.2) is 17.3 Å². The summed E-state index contributed by atoms with van der Waals surface area (Å²) in [5.41, 5.74) is 3.09. The van der Waals surface area contributed by atoms with Gasteiger partial charge in [0.1, 0.15) is 34.5 Å². The van der Waals surface area contributed by atoms with Crippen LogP contribution >= 0.6 is 0 Å². The lowest BCUT2D eigenvalue weighted by atomic mass is 9.89. The Hall–Kier alpha value is -3.93. The summed E-state index contributed by atoms with van der Waals surface area (Å²) in [4.78, 5) is 13.2. The minimum atomic E-state index is -0.760. The van der Waals surface area contributed by atoms with E-state index in [0.29, 0.717) is 28.9 Å². The summed E-state index contributed by atoms with van der Waals surface area (Å²) in [6.07, 6.45) is 11.0. The Morgan fingerprint density at radius 2 is 1.86 bits per heavy atom. The number of ketones is 1. The van der Waals surface area contributed by atoms with Gasteiger partial charge in [-0.1, -0.05) is 41.5 Å². The molecule has 188 valence electrons. The fourth-order valence-electron chi connectivity index (χ4n) is 4.37. The Balaban J connectivity index is 1.69. The van der Waals surface area contributed by atoms with Crippen molar-refractivity contribution in [2.24, 2.45) is 0 Å². The molecule has 2 aromatic rings. The first-order valence-electron chi connectivity index (χ1n) is 12.0. The van der Waals surface area contributed by atoms with Crippen molar-refractivity contribution in [1.82, 2.24) is 0 Å². The minimum Gasteiger partial charge on any atom is -0.507 e. The fraction of sp³-hybridized carbons (Fsp3) is 0.300. The maximum atomic E-state index is 13.2. The normalized spacial score (nSPS) is 20.2. The van der Waals surface area contributed by atoms with Crippen LogP contribution in [0.5, 0.6) is 28.7 Å². The molecule has 0 aliphatic carbocycles. The number of allylic oxidation sites excluding steroid dienone is 5. The van der Waals surface area contributed by atoms with Crippen LogP contribution in [0.3, 0.4) is 0 Å². The zero-order valence-electron chi connectivity index (χ0n) is 21.3. The molecule has 0 saturated carbocycles. The number of ether oxygens (including phenoxy) is 2.